The van der Waals surface area contributed by atoms with Crippen LogP contribution in [0.2, 0.25) is 0 Å². The second kappa shape index (κ2) is 7.97. The van der Waals surface area contributed by atoms with Crippen LogP contribution in [0.25, 0.3) is 23.4 Å². The fourth-order valence-corrected chi connectivity index (χ4v) is 2.96. The molecule has 0 spiro atoms. The third kappa shape index (κ3) is 4.37. The van der Waals surface area contributed by atoms with Crippen molar-refractivity contribution in [2.75, 3.05) is 0 Å². The summed E-state index contributed by atoms with van der Waals surface area (Å²) in [6.45, 7) is 5.60. The second-order valence-corrected chi connectivity index (χ2v) is 6.93. The summed E-state index contributed by atoms with van der Waals surface area (Å²) in [6.07, 6.45) is 4.80. The fraction of sp³-hybridized carbons (Fsp3) is 0.211. The van der Waals surface area contributed by atoms with Crippen LogP contribution in [-0.2, 0) is 0 Å². The monoisotopic (exact) mass is 369 g/mol. The van der Waals surface area contributed by atoms with Crippen molar-refractivity contribution in [3.05, 3.63) is 52.9 Å². The van der Waals surface area contributed by atoms with Crippen LogP contribution in [0, 0.1) is 6.92 Å². The Balaban J connectivity index is 1.75. The molecule has 0 aliphatic heterocycles. The van der Waals surface area contributed by atoms with Crippen molar-refractivity contribution in [1.82, 2.24) is 15.5 Å². The summed E-state index contributed by atoms with van der Waals surface area (Å²) in [5, 5.41) is 7.97. The lowest BCUT2D eigenvalue weighted by molar-refractivity contribution is 0.199. The van der Waals surface area contributed by atoms with E-state index >= 15 is 0 Å². The van der Waals surface area contributed by atoms with Gasteiger partial charge in [0.05, 0.1) is 6.20 Å². The zero-order chi connectivity index (χ0) is 18.5. The van der Waals surface area contributed by atoms with Crippen molar-refractivity contribution in [1.29, 1.82) is 0 Å². The molecule has 0 aliphatic carbocycles. The van der Waals surface area contributed by atoms with E-state index in [0.717, 1.165) is 27.6 Å². The van der Waals surface area contributed by atoms with Gasteiger partial charge < -0.3 is 14.6 Å². The van der Waals surface area contributed by atoms with Gasteiger partial charge in [0.2, 0.25) is 5.06 Å². The van der Waals surface area contributed by atoms with Crippen LogP contribution in [0.15, 0.2) is 41.1 Å². The number of nitrogens with zero attached hydrogens (tertiary/aromatic N) is 2. The SMILES string of the molecule is Cc1onc(-c2ccccc2)c1/C=C/c1ncc(OC(=O)NC(C)C)s1. The molecule has 0 unspecified atom stereocenters. The molecule has 0 saturated carbocycles. The van der Waals surface area contributed by atoms with Gasteiger partial charge in [-0.25, -0.2) is 9.78 Å². The smallest absolute Gasteiger partial charge is 0.397 e. The van der Waals surface area contributed by atoms with E-state index < -0.39 is 6.09 Å². The molecule has 1 amide bonds. The third-order valence-electron chi connectivity index (χ3n) is 3.45. The number of rotatable bonds is 5. The minimum absolute atomic E-state index is 0.0164. The van der Waals surface area contributed by atoms with Crippen LogP contribution in [0.1, 0.15) is 30.2 Å². The molecule has 0 aliphatic rings. The van der Waals surface area contributed by atoms with Gasteiger partial charge in [0.1, 0.15) is 16.5 Å². The highest BCUT2D eigenvalue weighted by molar-refractivity contribution is 7.14. The molecule has 1 N–H and O–H groups in total. The van der Waals surface area contributed by atoms with Gasteiger partial charge in [-0.05, 0) is 32.9 Å². The molecule has 0 atom stereocenters. The summed E-state index contributed by atoms with van der Waals surface area (Å²) in [6, 6.07) is 9.86. The first-order valence-electron chi connectivity index (χ1n) is 8.17. The van der Waals surface area contributed by atoms with E-state index in [4.69, 9.17) is 9.26 Å². The lowest BCUT2D eigenvalue weighted by Gasteiger charge is -2.06. The van der Waals surface area contributed by atoms with E-state index in [2.05, 4.69) is 15.5 Å². The molecule has 3 aromatic rings. The Morgan fingerprint density at radius 2 is 2.04 bits per heavy atom. The topological polar surface area (TPSA) is 77.2 Å². The van der Waals surface area contributed by atoms with E-state index in [9.17, 15) is 4.79 Å². The highest BCUT2D eigenvalue weighted by Crippen LogP contribution is 2.28. The Hall–Kier alpha value is -2.93. The van der Waals surface area contributed by atoms with Crippen LogP contribution in [-0.4, -0.2) is 22.3 Å². The lowest BCUT2D eigenvalue weighted by atomic mass is 10.1. The number of benzene rings is 1. The molecule has 2 heterocycles. The Morgan fingerprint density at radius 3 is 2.77 bits per heavy atom. The van der Waals surface area contributed by atoms with Crippen molar-refractivity contribution >= 4 is 29.6 Å². The standard InChI is InChI=1S/C19H19N3O3S/c1-12(2)21-19(23)24-17-11-20-16(26-17)10-9-15-13(3)25-22-18(15)14-7-5-4-6-8-14/h4-12H,1-3H3,(H,21,23)/b10-9+. The van der Waals surface area contributed by atoms with Crippen LogP contribution in [0.4, 0.5) is 4.79 Å². The number of ether oxygens (including phenoxy) is 1. The van der Waals surface area contributed by atoms with Gasteiger partial charge in [0, 0.05) is 17.2 Å². The molecule has 0 radical (unpaired) electrons. The first kappa shape index (κ1) is 17.9. The number of carbonyl (C=O) groups excluding carboxylic acids is 1. The van der Waals surface area contributed by atoms with E-state index in [0.29, 0.717) is 5.06 Å². The largest absolute Gasteiger partial charge is 0.413 e. The lowest BCUT2D eigenvalue weighted by Crippen LogP contribution is -2.32. The van der Waals surface area contributed by atoms with Gasteiger partial charge in [-0.15, -0.1) is 0 Å². The molecule has 7 heteroatoms. The summed E-state index contributed by atoms with van der Waals surface area (Å²) >= 11 is 1.29. The quantitative estimate of drug-likeness (QED) is 0.701. The Bertz CT molecular complexity index is 913. The summed E-state index contributed by atoms with van der Waals surface area (Å²) in [5.74, 6) is 0.726. The second-order valence-electron chi connectivity index (χ2n) is 5.91. The van der Waals surface area contributed by atoms with E-state index in [1.165, 1.54) is 17.5 Å². The number of hydrogen-bond donors (Lipinski definition) is 1. The first-order chi connectivity index (χ1) is 12.5. The minimum atomic E-state index is -0.486. The van der Waals surface area contributed by atoms with E-state index in [1.54, 1.807) is 0 Å². The Kier molecular flexibility index (Phi) is 5.48. The zero-order valence-electron chi connectivity index (χ0n) is 14.7. The van der Waals surface area contributed by atoms with Crippen LogP contribution < -0.4 is 10.1 Å². The Labute approximate surface area is 155 Å². The number of amides is 1. The van der Waals surface area contributed by atoms with Gasteiger partial charge in [0.25, 0.3) is 0 Å². The molecule has 0 fully saturated rings. The number of nitrogens with one attached hydrogen (secondary N) is 1. The average Bonchev–Trinajstić information content (AvgIpc) is 3.19. The third-order valence-corrected chi connectivity index (χ3v) is 4.29. The molecule has 2 aromatic heterocycles. The molecule has 3 rings (SSSR count). The molecule has 0 saturated heterocycles. The van der Waals surface area contributed by atoms with E-state index in [1.807, 2.05) is 63.3 Å². The van der Waals surface area contributed by atoms with Gasteiger partial charge in [-0.3, -0.25) is 0 Å². The predicted octanol–water partition coefficient (Wildman–Crippen LogP) is 4.77. The fourth-order valence-electron chi connectivity index (χ4n) is 2.29. The zero-order valence-corrected chi connectivity index (χ0v) is 15.5. The van der Waals surface area contributed by atoms with Gasteiger partial charge in [0.15, 0.2) is 0 Å². The number of aryl methyl sites for hydroxylation is 1. The van der Waals surface area contributed by atoms with Crippen molar-refractivity contribution in [3.8, 4) is 16.3 Å². The maximum Gasteiger partial charge on any atom is 0.413 e. The van der Waals surface area contributed by atoms with Crippen LogP contribution in [0.3, 0.4) is 0 Å². The van der Waals surface area contributed by atoms with Crippen LogP contribution >= 0.6 is 11.3 Å². The normalized spacial score (nSPS) is 11.2. The first-order valence-corrected chi connectivity index (χ1v) is 8.98. The number of thiazole rings is 1. The number of aromatic nitrogens is 2. The molecule has 0 bridgehead atoms. The van der Waals surface area contributed by atoms with Gasteiger partial charge in [-0.2, -0.15) is 0 Å². The average molecular weight is 369 g/mol. The minimum Gasteiger partial charge on any atom is -0.397 e. The molecule has 26 heavy (non-hydrogen) atoms. The molecular formula is C19H19N3O3S. The van der Waals surface area contributed by atoms with Gasteiger partial charge >= 0.3 is 6.09 Å². The molecule has 6 nitrogen and oxygen atoms in total. The predicted molar refractivity (Wildman–Crippen MR) is 102 cm³/mol. The highest BCUT2D eigenvalue weighted by Gasteiger charge is 2.13. The van der Waals surface area contributed by atoms with E-state index in [-0.39, 0.29) is 6.04 Å². The number of hydrogen-bond acceptors (Lipinski definition) is 6. The summed E-state index contributed by atoms with van der Waals surface area (Å²) in [4.78, 5) is 15.9. The highest BCUT2D eigenvalue weighted by atomic mass is 32.1. The summed E-state index contributed by atoms with van der Waals surface area (Å²) < 4.78 is 10.5. The van der Waals surface area contributed by atoms with Crippen LogP contribution in [0.5, 0.6) is 5.06 Å². The molecule has 1 aromatic carbocycles. The van der Waals surface area contributed by atoms with Crippen molar-refractivity contribution in [2.45, 2.75) is 26.8 Å². The Morgan fingerprint density at radius 1 is 1.27 bits per heavy atom. The summed E-state index contributed by atoms with van der Waals surface area (Å²) in [5.41, 5.74) is 2.66. The maximum atomic E-state index is 11.6. The molecule has 134 valence electrons. The van der Waals surface area contributed by atoms with Gasteiger partial charge in [-0.1, -0.05) is 46.8 Å². The van der Waals surface area contributed by atoms with Crippen molar-refractivity contribution in [2.24, 2.45) is 0 Å². The van der Waals surface area contributed by atoms with Crippen molar-refractivity contribution < 1.29 is 14.1 Å². The molecular weight excluding hydrogens is 350 g/mol. The van der Waals surface area contributed by atoms with Crippen molar-refractivity contribution in [3.63, 3.8) is 0 Å². The number of carbonyl (C=O) groups is 1. The maximum absolute atomic E-state index is 11.6. The summed E-state index contributed by atoms with van der Waals surface area (Å²) in [7, 11) is 0.